The lowest BCUT2D eigenvalue weighted by Gasteiger charge is -1.96. The maximum atomic E-state index is 10.6. The zero-order valence-electron chi connectivity index (χ0n) is 11.1. The molecule has 0 aliphatic carbocycles. The topological polar surface area (TPSA) is 106 Å². The lowest BCUT2D eigenvalue weighted by molar-refractivity contribution is -0.384. The van der Waals surface area contributed by atoms with E-state index in [1.54, 1.807) is 36.4 Å². The van der Waals surface area contributed by atoms with Crippen LogP contribution in [0.1, 0.15) is 5.56 Å². The number of rotatable bonds is 3. The second-order valence-corrected chi connectivity index (χ2v) is 4.41. The molecule has 0 saturated heterocycles. The van der Waals surface area contributed by atoms with Crippen molar-refractivity contribution in [1.29, 1.82) is 5.26 Å². The van der Waals surface area contributed by atoms with Crippen molar-refractivity contribution in [1.82, 2.24) is 10.2 Å². The predicted molar refractivity (Wildman–Crippen MR) is 76.5 cm³/mol. The molecule has 0 aliphatic rings. The number of nitro benzene ring substituents is 1. The highest BCUT2D eigenvalue weighted by Crippen LogP contribution is 2.25. The Morgan fingerprint density at radius 1 is 1.05 bits per heavy atom. The van der Waals surface area contributed by atoms with Crippen molar-refractivity contribution >= 4 is 5.69 Å². The molecule has 0 N–H and O–H groups in total. The quantitative estimate of drug-likeness (QED) is 0.542. The van der Waals surface area contributed by atoms with Gasteiger partial charge in [-0.3, -0.25) is 10.1 Å². The molecule has 7 nitrogen and oxygen atoms in total. The normalized spacial score (nSPS) is 10.1. The van der Waals surface area contributed by atoms with Crippen molar-refractivity contribution < 1.29 is 9.34 Å². The second-order valence-electron chi connectivity index (χ2n) is 4.41. The van der Waals surface area contributed by atoms with Gasteiger partial charge in [-0.2, -0.15) is 5.26 Å². The highest BCUT2D eigenvalue weighted by molar-refractivity contribution is 5.60. The molecule has 0 radical (unpaired) electrons. The monoisotopic (exact) mass is 292 g/mol. The van der Waals surface area contributed by atoms with Gasteiger partial charge >= 0.3 is 0 Å². The fraction of sp³-hybridized carbons (Fsp3) is 0. The number of hydrogen-bond donors (Lipinski definition) is 0. The van der Waals surface area contributed by atoms with E-state index in [9.17, 15) is 10.1 Å². The summed E-state index contributed by atoms with van der Waals surface area (Å²) in [7, 11) is 0. The van der Waals surface area contributed by atoms with E-state index in [-0.39, 0.29) is 17.5 Å². The molecule has 0 saturated carbocycles. The highest BCUT2D eigenvalue weighted by Gasteiger charge is 2.12. The average molecular weight is 292 g/mol. The average Bonchev–Trinajstić information content (AvgIpc) is 3.05. The van der Waals surface area contributed by atoms with Crippen molar-refractivity contribution in [3.63, 3.8) is 0 Å². The fourth-order valence-corrected chi connectivity index (χ4v) is 1.90. The van der Waals surface area contributed by atoms with E-state index in [2.05, 4.69) is 10.2 Å². The van der Waals surface area contributed by atoms with E-state index in [1.165, 1.54) is 12.1 Å². The van der Waals surface area contributed by atoms with Gasteiger partial charge in [-0.25, -0.2) is 0 Å². The molecule has 106 valence electrons. The molecule has 0 bridgehead atoms. The van der Waals surface area contributed by atoms with Crippen molar-refractivity contribution in [2.75, 3.05) is 0 Å². The zero-order valence-corrected chi connectivity index (χ0v) is 11.1. The number of aromatic nitrogens is 2. The number of benzene rings is 2. The van der Waals surface area contributed by atoms with Crippen LogP contribution in [0.2, 0.25) is 0 Å². The summed E-state index contributed by atoms with van der Waals surface area (Å²) < 4.78 is 5.55. The van der Waals surface area contributed by atoms with E-state index >= 15 is 0 Å². The van der Waals surface area contributed by atoms with Crippen LogP contribution in [0.25, 0.3) is 22.9 Å². The molecule has 3 rings (SSSR count). The Bertz CT molecular complexity index is 878. The molecule has 0 atom stereocenters. The second kappa shape index (κ2) is 5.46. The van der Waals surface area contributed by atoms with Crippen LogP contribution >= 0.6 is 0 Å². The zero-order chi connectivity index (χ0) is 15.5. The smallest absolute Gasteiger partial charge is 0.269 e. The predicted octanol–water partition coefficient (Wildman–Crippen LogP) is 3.18. The number of hydrogen-bond acceptors (Lipinski definition) is 6. The van der Waals surface area contributed by atoms with Gasteiger partial charge < -0.3 is 4.42 Å². The first-order chi connectivity index (χ1) is 10.7. The van der Waals surface area contributed by atoms with Crippen LogP contribution in [0.3, 0.4) is 0 Å². The number of nitrogens with zero attached hydrogens (tertiary/aromatic N) is 4. The first-order valence-electron chi connectivity index (χ1n) is 6.26. The first-order valence-corrected chi connectivity index (χ1v) is 6.26. The summed E-state index contributed by atoms with van der Waals surface area (Å²) >= 11 is 0. The lowest BCUT2D eigenvalue weighted by Crippen LogP contribution is -1.87. The molecule has 0 fully saturated rings. The van der Waals surface area contributed by atoms with Gasteiger partial charge in [0.1, 0.15) is 0 Å². The van der Waals surface area contributed by atoms with Crippen molar-refractivity contribution in [3.05, 3.63) is 64.2 Å². The van der Waals surface area contributed by atoms with Crippen LogP contribution in [0.5, 0.6) is 0 Å². The van der Waals surface area contributed by atoms with Crippen LogP contribution in [-0.2, 0) is 0 Å². The SMILES string of the molecule is N#Cc1cccc(-c2nnc(-c3ccc([N+](=O)[O-])cc3)o2)c1. The highest BCUT2D eigenvalue weighted by atomic mass is 16.6. The lowest BCUT2D eigenvalue weighted by atomic mass is 10.1. The minimum Gasteiger partial charge on any atom is -0.416 e. The summed E-state index contributed by atoms with van der Waals surface area (Å²) in [5, 5.41) is 27.4. The Morgan fingerprint density at radius 2 is 1.73 bits per heavy atom. The molecule has 0 spiro atoms. The molecule has 22 heavy (non-hydrogen) atoms. The Kier molecular flexibility index (Phi) is 3.34. The fourth-order valence-electron chi connectivity index (χ4n) is 1.90. The molecule has 1 aromatic heterocycles. The standard InChI is InChI=1S/C15H8N4O3/c16-9-10-2-1-3-12(8-10)15-18-17-14(22-15)11-4-6-13(7-5-11)19(20)21/h1-8H. The summed E-state index contributed by atoms with van der Waals surface area (Å²) in [6.45, 7) is 0. The van der Waals surface area contributed by atoms with Gasteiger partial charge in [0.05, 0.1) is 16.6 Å². The minimum atomic E-state index is -0.476. The van der Waals surface area contributed by atoms with E-state index in [4.69, 9.17) is 9.68 Å². The third-order valence-corrected chi connectivity index (χ3v) is 2.99. The van der Waals surface area contributed by atoms with E-state index in [0.29, 0.717) is 16.7 Å². The van der Waals surface area contributed by atoms with E-state index in [0.717, 1.165) is 0 Å². The van der Waals surface area contributed by atoms with E-state index in [1.807, 2.05) is 6.07 Å². The Balaban J connectivity index is 1.93. The largest absolute Gasteiger partial charge is 0.416 e. The van der Waals surface area contributed by atoms with Crippen LogP contribution in [-0.4, -0.2) is 15.1 Å². The van der Waals surface area contributed by atoms with Gasteiger partial charge in [0.25, 0.3) is 5.69 Å². The van der Waals surface area contributed by atoms with Crippen LogP contribution in [0.15, 0.2) is 52.9 Å². The van der Waals surface area contributed by atoms with E-state index < -0.39 is 4.92 Å². The van der Waals surface area contributed by atoms with Gasteiger partial charge in [0, 0.05) is 23.3 Å². The molecule has 0 aliphatic heterocycles. The number of nitro groups is 1. The molecular formula is C15H8N4O3. The van der Waals surface area contributed by atoms with Gasteiger partial charge in [-0.15, -0.1) is 10.2 Å². The summed E-state index contributed by atoms with van der Waals surface area (Å²) in [6, 6.07) is 14.7. The maximum Gasteiger partial charge on any atom is 0.269 e. The van der Waals surface area contributed by atoms with Gasteiger partial charge in [-0.1, -0.05) is 6.07 Å². The third kappa shape index (κ3) is 2.53. The first kappa shape index (κ1) is 13.5. The van der Waals surface area contributed by atoms with Gasteiger partial charge in [-0.05, 0) is 30.3 Å². The van der Waals surface area contributed by atoms with Crippen molar-refractivity contribution in [2.45, 2.75) is 0 Å². The summed E-state index contributed by atoms with van der Waals surface area (Å²) in [5.74, 6) is 0.540. The van der Waals surface area contributed by atoms with Gasteiger partial charge in [0.2, 0.25) is 11.8 Å². The van der Waals surface area contributed by atoms with Crippen LogP contribution in [0, 0.1) is 21.4 Å². The number of nitriles is 1. The third-order valence-electron chi connectivity index (χ3n) is 2.99. The Hall–Kier alpha value is -3.53. The number of non-ortho nitro benzene ring substituents is 1. The molecule has 7 heteroatoms. The summed E-state index contributed by atoms with van der Waals surface area (Å²) in [5.41, 5.74) is 1.71. The van der Waals surface area contributed by atoms with Crippen molar-refractivity contribution in [2.24, 2.45) is 0 Å². The minimum absolute atomic E-state index is 0.00906. The summed E-state index contributed by atoms with van der Waals surface area (Å²) in [4.78, 5) is 10.2. The molecular weight excluding hydrogens is 284 g/mol. The maximum absolute atomic E-state index is 10.6. The molecule has 2 aromatic carbocycles. The molecule has 0 amide bonds. The Morgan fingerprint density at radius 3 is 2.36 bits per heavy atom. The van der Waals surface area contributed by atoms with Crippen LogP contribution < -0.4 is 0 Å². The van der Waals surface area contributed by atoms with Crippen LogP contribution in [0.4, 0.5) is 5.69 Å². The summed E-state index contributed by atoms with van der Waals surface area (Å²) in [6.07, 6.45) is 0. The molecule has 0 unspecified atom stereocenters. The van der Waals surface area contributed by atoms with Gasteiger partial charge in [0.15, 0.2) is 0 Å². The molecule has 3 aromatic rings. The molecule has 1 heterocycles. The Labute approximate surface area is 124 Å². The van der Waals surface area contributed by atoms with Crippen molar-refractivity contribution in [3.8, 4) is 29.0 Å².